The average Bonchev–Trinajstić information content (AvgIpc) is 2.89. The van der Waals surface area contributed by atoms with Crippen LogP contribution >= 0.6 is 11.5 Å². The van der Waals surface area contributed by atoms with Gasteiger partial charge in [-0.3, -0.25) is 0 Å². The molecule has 1 atom stereocenters. The van der Waals surface area contributed by atoms with Crippen molar-refractivity contribution in [3.8, 4) is 0 Å². The molecule has 0 aliphatic carbocycles. The first-order valence-corrected chi connectivity index (χ1v) is 6.47. The van der Waals surface area contributed by atoms with Crippen molar-refractivity contribution in [3.05, 3.63) is 46.5 Å². The molecule has 0 saturated carbocycles. The number of halogens is 3. The van der Waals surface area contributed by atoms with Crippen LogP contribution in [0.1, 0.15) is 29.0 Å². The lowest BCUT2D eigenvalue weighted by atomic mass is 10.0. The van der Waals surface area contributed by atoms with E-state index in [1.54, 1.807) is 6.20 Å². The predicted octanol–water partition coefficient (Wildman–Crippen LogP) is 3.26. The van der Waals surface area contributed by atoms with Crippen molar-refractivity contribution in [1.29, 1.82) is 0 Å². The van der Waals surface area contributed by atoms with E-state index < -0.39 is 11.7 Å². The Labute approximate surface area is 112 Å². The molecule has 1 N–H and O–H groups in total. The summed E-state index contributed by atoms with van der Waals surface area (Å²) in [5, 5.41) is 6.96. The molecule has 7 heteroatoms. The number of benzene rings is 1. The second kappa shape index (κ2) is 5.66. The SMILES string of the molecule is CCNC(c1ccc(C(F)(F)F)cc1)c1cnns1. The van der Waals surface area contributed by atoms with Crippen LogP contribution in [0.3, 0.4) is 0 Å². The minimum Gasteiger partial charge on any atom is -0.306 e. The lowest BCUT2D eigenvalue weighted by Gasteiger charge is -2.16. The second-order valence-corrected chi connectivity index (χ2v) is 4.75. The molecule has 2 rings (SSSR count). The fourth-order valence-corrected chi connectivity index (χ4v) is 2.36. The Morgan fingerprint density at radius 3 is 2.42 bits per heavy atom. The molecule has 0 spiro atoms. The summed E-state index contributed by atoms with van der Waals surface area (Å²) in [7, 11) is 0. The number of rotatable bonds is 4. The standard InChI is InChI=1S/C12H12F3N3S/c1-2-16-11(10-7-17-18-19-10)8-3-5-9(6-4-8)12(13,14)15/h3-7,11,16H,2H2,1H3. The smallest absolute Gasteiger partial charge is 0.306 e. The van der Waals surface area contributed by atoms with Crippen molar-refractivity contribution < 1.29 is 13.2 Å². The molecule has 0 aliphatic rings. The third-order valence-corrected chi connectivity index (χ3v) is 3.37. The van der Waals surface area contributed by atoms with Crippen molar-refractivity contribution in [3.63, 3.8) is 0 Å². The molecule has 1 heterocycles. The average molecular weight is 287 g/mol. The normalized spacial score (nSPS) is 13.5. The van der Waals surface area contributed by atoms with Crippen LogP contribution in [-0.4, -0.2) is 16.1 Å². The van der Waals surface area contributed by atoms with E-state index in [-0.39, 0.29) is 6.04 Å². The minimum atomic E-state index is -4.31. The van der Waals surface area contributed by atoms with Crippen molar-refractivity contribution in [1.82, 2.24) is 14.9 Å². The molecule has 1 unspecified atom stereocenters. The molecular formula is C12H12F3N3S. The van der Waals surface area contributed by atoms with Gasteiger partial charge in [0.2, 0.25) is 0 Å². The molecule has 0 saturated heterocycles. The number of nitrogens with one attached hydrogen (secondary N) is 1. The number of hydrogen-bond donors (Lipinski definition) is 1. The monoisotopic (exact) mass is 287 g/mol. The summed E-state index contributed by atoms with van der Waals surface area (Å²) in [5.74, 6) is 0. The van der Waals surface area contributed by atoms with Crippen LogP contribution in [0.5, 0.6) is 0 Å². The summed E-state index contributed by atoms with van der Waals surface area (Å²) in [5.41, 5.74) is 0.120. The van der Waals surface area contributed by atoms with Gasteiger partial charge in [-0.05, 0) is 35.8 Å². The van der Waals surface area contributed by atoms with Crippen LogP contribution in [0.2, 0.25) is 0 Å². The summed E-state index contributed by atoms with van der Waals surface area (Å²) in [4.78, 5) is 0.876. The first kappa shape index (κ1) is 14.0. The van der Waals surface area contributed by atoms with Gasteiger partial charge in [-0.1, -0.05) is 23.5 Å². The fraction of sp³-hybridized carbons (Fsp3) is 0.333. The Balaban J connectivity index is 2.28. The molecule has 0 aliphatic heterocycles. The van der Waals surface area contributed by atoms with Gasteiger partial charge in [-0.15, -0.1) is 5.10 Å². The number of hydrogen-bond acceptors (Lipinski definition) is 4. The van der Waals surface area contributed by atoms with E-state index in [4.69, 9.17) is 0 Å². The maximum atomic E-state index is 12.5. The number of alkyl halides is 3. The van der Waals surface area contributed by atoms with Gasteiger partial charge in [0.05, 0.1) is 22.7 Å². The Morgan fingerprint density at radius 1 is 1.26 bits per heavy atom. The van der Waals surface area contributed by atoms with Gasteiger partial charge in [-0.25, -0.2) is 0 Å². The van der Waals surface area contributed by atoms with Crippen molar-refractivity contribution in [2.24, 2.45) is 0 Å². The topological polar surface area (TPSA) is 37.8 Å². The molecule has 0 bridgehead atoms. The van der Waals surface area contributed by atoms with E-state index in [1.165, 1.54) is 23.7 Å². The van der Waals surface area contributed by atoms with E-state index in [2.05, 4.69) is 14.9 Å². The van der Waals surface area contributed by atoms with Gasteiger partial charge < -0.3 is 5.32 Å². The third-order valence-electron chi connectivity index (χ3n) is 2.64. The Hall–Kier alpha value is -1.47. The van der Waals surface area contributed by atoms with Gasteiger partial charge in [0, 0.05) is 0 Å². The maximum absolute atomic E-state index is 12.5. The molecule has 19 heavy (non-hydrogen) atoms. The lowest BCUT2D eigenvalue weighted by molar-refractivity contribution is -0.137. The van der Waals surface area contributed by atoms with Crippen LogP contribution < -0.4 is 5.32 Å². The van der Waals surface area contributed by atoms with Gasteiger partial charge >= 0.3 is 6.18 Å². The molecule has 1 aromatic carbocycles. The molecule has 0 fully saturated rings. The summed E-state index contributed by atoms with van der Waals surface area (Å²) >= 11 is 1.23. The Morgan fingerprint density at radius 2 is 1.95 bits per heavy atom. The zero-order chi connectivity index (χ0) is 13.9. The highest BCUT2D eigenvalue weighted by atomic mass is 32.1. The highest BCUT2D eigenvalue weighted by Gasteiger charge is 2.30. The van der Waals surface area contributed by atoms with E-state index in [0.717, 1.165) is 22.6 Å². The lowest BCUT2D eigenvalue weighted by Crippen LogP contribution is -2.21. The van der Waals surface area contributed by atoms with E-state index >= 15 is 0 Å². The molecule has 0 amide bonds. The molecule has 1 aromatic heterocycles. The van der Waals surface area contributed by atoms with Gasteiger partial charge in [0.25, 0.3) is 0 Å². The van der Waals surface area contributed by atoms with Crippen LogP contribution in [0.25, 0.3) is 0 Å². The van der Waals surface area contributed by atoms with E-state index in [0.29, 0.717) is 6.54 Å². The first-order chi connectivity index (χ1) is 9.02. The van der Waals surface area contributed by atoms with Crippen LogP contribution in [-0.2, 0) is 6.18 Å². The molecule has 2 aromatic rings. The van der Waals surface area contributed by atoms with E-state index in [9.17, 15) is 13.2 Å². The zero-order valence-corrected chi connectivity index (χ0v) is 10.9. The molecule has 0 radical (unpaired) electrons. The summed E-state index contributed by atoms with van der Waals surface area (Å²) in [6.45, 7) is 2.63. The van der Waals surface area contributed by atoms with E-state index in [1.807, 2.05) is 6.92 Å². The Kier molecular flexibility index (Phi) is 4.16. The molecular weight excluding hydrogens is 275 g/mol. The number of nitrogens with zero attached hydrogens (tertiary/aromatic N) is 2. The van der Waals surface area contributed by atoms with Crippen molar-refractivity contribution >= 4 is 11.5 Å². The highest BCUT2D eigenvalue weighted by Crippen LogP contribution is 2.31. The third kappa shape index (κ3) is 3.30. The summed E-state index contributed by atoms with van der Waals surface area (Å²) in [6, 6.07) is 4.97. The summed E-state index contributed by atoms with van der Waals surface area (Å²) in [6.07, 6.45) is -2.69. The van der Waals surface area contributed by atoms with Crippen molar-refractivity contribution in [2.45, 2.75) is 19.1 Å². The molecule has 102 valence electrons. The Bertz CT molecular complexity index is 508. The largest absolute Gasteiger partial charge is 0.416 e. The van der Waals surface area contributed by atoms with Crippen LogP contribution in [0.15, 0.2) is 30.5 Å². The number of aromatic nitrogens is 2. The highest BCUT2D eigenvalue weighted by molar-refractivity contribution is 7.05. The zero-order valence-electron chi connectivity index (χ0n) is 10.1. The molecule has 3 nitrogen and oxygen atoms in total. The van der Waals surface area contributed by atoms with Crippen LogP contribution in [0, 0.1) is 0 Å². The van der Waals surface area contributed by atoms with Crippen molar-refractivity contribution in [2.75, 3.05) is 6.54 Å². The predicted molar refractivity (Wildman–Crippen MR) is 66.9 cm³/mol. The van der Waals surface area contributed by atoms with Crippen LogP contribution in [0.4, 0.5) is 13.2 Å². The quantitative estimate of drug-likeness (QED) is 0.938. The second-order valence-electron chi connectivity index (χ2n) is 3.93. The van der Waals surface area contributed by atoms with Gasteiger partial charge in [0.1, 0.15) is 0 Å². The first-order valence-electron chi connectivity index (χ1n) is 5.70. The van der Waals surface area contributed by atoms with Gasteiger partial charge in [0.15, 0.2) is 0 Å². The summed E-state index contributed by atoms with van der Waals surface area (Å²) < 4.78 is 41.3. The van der Waals surface area contributed by atoms with Gasteiger partial charge in [-0.2, -0.15) is 13.2 Å². The minimum absolute atomic E-state index is 0.174. The fourth-order valence-electron chi connectivity index (χ4n) is 1.75. The maximum Gasteiger partial charge on any atom is 0.416 e.